The van der Waals surface area contributed by atoms with Gasteiger partial charge in [0.1, 0.15) is 6.61 Å². The number of hydrogen-bond donors (Lipinski definition) is 2. The summed E-state index contributed by atoms with van der Waals surface area (Å²) in [6.45, 7) is 5.47. The molecule has 2 aliphatic rings. The third kappa shape index (κ3) is 7.31. The first-order chi connectivity index (χ1) is 16.4. The Kier molecular flexibility index (Phi) is 9.50. The van der Waals surface area contributed by atoms with E-state index in [1.54, 1.807) is 18.2 Å². The summed E-state index contributed by atoms with van der Waals surface area (Å²) in [5.41, 5.74) is 11.1. The number of amides is 2. The van der Waals surface area contributed by atoms with Gasteiger partial charge in [-0.2, -0.15) is 0 Å². The van der Waals surface area contributed by atoms with Crippen molar-refractivity contribution in [2.45, 2.75) is 58.2 Å². The third-order valence-electron chi connectivity index (χ3n) is 6.56. The van der Waals surface area contributed by atoms with Gasteiger partial charge in [-0.25, -0.2) is 9.18 Å². The van der Waals surface area contributed by atoms with Gasteiger partial charge in [0.05, 0.1) is 11.8 Å². The summed E-state index contributed by atoms with van der Waals surface area (Å²) in [5, 5.41) is 0. The lowest BCUT2D eigenvalue weighted by atomic mass is 9.93. The first-order valence-electron chi connectivity index (χ1n) is 12.1. The van der Waals surface area contributed by atoms with E-state index >= 15 is 4.39 Å². The molecule has 9 nitrogen and oxygen atoms in total. The molecule has 0 aromatic heterocycles. The van der Waals surface area contributed by atoms with Crippen LogP contribution in [0.15, 0.2) is 23.2 Å². The second-order valence-electron chi connectivity index (χ2n) is 8.87. The van der Waals surface area contributed by atoms with Gasteiger partial charge >= 0.3 is 6.09 Å². The number of likely N-dealkylation sites (tertiary alicyclic amines) is 1. The largest absolute Gasteiger partial charge is 0.443 e. The van der Waals surface area contributed by atoms with Crippen molar-refractivity contribution in [1.82, 2.24) is 4.90 Å². The van der Waals surface area contributed by atoms with E-state index in [9.17, 15) is 9.59 Å². The van der Waals surface area contributed by atoms with Crippen LogP contribution < -0.4 is 16.4 Å². The van der Waals surface area contributed by atoms with Crippen LogP contribution in [0.5, 0.6) is 0 Å². The average molecular weight is 478 g/mol. The standard InChI is InChI=1S/C24H36FN5O4/c1-2-21(31)30-13-8-19(9-14-30)33-15-10-17-6-11-29(12-7-17)20-5-3-4-18(22(20)25)16-34-24(32)28-23(26)27/h3-5,17,19H,2,6-16H2,1H3,(H4,26,27,28,32). The number of guanidine groups is 1. The van der Waals surface area contributed by atoms with Crippen LogP contribution in [0, 0.1) is 11.7 Å². The van der Waals surface area contributed by atoms with Crippen molar-refractivity contribution in [3.63, 3.8) is 0 Å². The molecule has 34 heavy (non-hydrogen) atoms. The Balaban J connectivity index is 1.40. The average Bonchev–Trinajstić information content (AvgIpc) is 2.83. The first kappa shape index (κ1) is 25.7. The van der Waals surface area contributed by atoms with Crippen LogP contribution in [-0.4, -0.2) is 61.7 Å². The zero-order valence-corrected chi connectivity index (χ0v) is 19.9. The third-order valence-corrected chi connectivity index (χ3v) is 6.56. The number of halogens is 1. The second kappa shape index (κ2) is 12.5. The molecule has 0 bridgehead atoms. The molecule has 2 fully saturated rings. The maximum atomic E-state index is 15.0. The van der Waals surface area contributed by atoms with Crippen LogP contribution in [0.2, 0.25) is 0 Å². The lowest BCUT2D eigenvalue weighted by Crippen LogP contribution is -2.40. The first-order valence-corrected chi connectivity index (χ1v) is 12.1. The molecule has 2 saturated heterocycles. The molecule has 2 heterocycles. The van der Waals surface area contributed by atoms with Gasteiger partial charge in [-0.1, -0.05) is 19.1 Å². The van der Waals surface area contributed by atoms with Gasteiger partial charge in [0, 0.05) is 44.8 Å². The SMILES string of the molecule is CCC(=O)N1CCC(OCCC2CCN(c3cccc(COC(=O)N=C(N)N)c3F)CC2)CC1. The van der Waals surface area contributed by atoms with Crippen LogP contribution >= 0.6 is 0 Å². The molecule has 0 unspecified atom stereocenters. The molecule has 0 atom stereocenters. The molecule has 3 rings (SSSR count). The van der Waals surface area contributed by atoms with E-state index < -0.39 is 17.9 Å². The van der Waals surface area contributed by atoms with Crippen molar-refractivity contribution < 1.29 is 23.5 Å². The number of nitrogens with zero attached hydrogens (tertiary/aromatic N) is 3. The number of piperidine rings is 2. The number of ether oxygens (including phenoxy) is 2. The number of carbonyl (C=O) groups excluding carboxylic acids is 2. The van der Waals surface area contributed by atoms with Gasteiger partial charge in [-0.05, 0) is 44.1 Å². The molecular weight excluding hydrogens is 441 g/mol. The minimum Gasteiger partial charge on any atom is -0.443 e. The summed E-state index contributed by atoms with van der Waals surface area (Å²) in [7, 11) is 0. The summed E-state index contributed by atoms with van der Waals surface area (Å²) >= 11 is 0. The Morgan fingerprint density at radius 3 is 2.47 bits per heavy atom. The number of anilines is 1. The Hall–Kier alpha value is -2.88. The van der Waals surface area contributed by atoms with Gasteiger partial charge in [-0.15, -0.1) is 4.99 Å². The molecule has 0 aliphatic carbocycles. The van der Waals surface area contributed by atoms with Crippen LogP contribution in [0.4, 0.5) is 14.9 Å². The number of nitrogens with two attached hydrogens (primary N) is 2. The highest BCUT2D eigenvalue weighted by molar-refractivity contribution is 5.87. The number of aliphatic imine (C=N–C) groups is 1. The Morgan fingerprint density at radius 2 is 1.82 bits per heavy atom. The van der Waals surface area contributed by atoms with E-state index in [0.717, 1.165) is 64.9 Å². The maximum Gasteiger partial charge on any atom is 0.437 e. The predicted molar refractivity (Wildman–Crippen MR) is 128 cm³/mol. The summed E-state index contributed by atoms with van der Waals surface area (Å²) in [6.07, 6.45) is 4.58. The van der Waals surface area contributed by atoms with E-state index in [1.807, 2.05) is 16.7 Å². The lowest BCUT2D eigenvalue weighted by Gasteiger charge is -2.35. The highest BCUT2D eigenvalue weighted by atomic mass is 19.1. The Morgan fingerprint density at radius 1 is 1.12 bits per heavy atom. The summed E-state index contributed by atoms with van der Waals surface area (Å²) in [4.78, 5) is 30.5. The van der Waals surface area contributed by atoms with Crippen molar-refractivity contribution in [1.29, 1.82) is 0 Å². The van der Waals surface area contributed by atoms with E-state index in [2.05, 4.69) is 4.99 Å². The fourth-order valence-corrected chi connectivity index (χ4v) is 4.56. The monoisotopic (exact) mass is 477 g/mol. The molecule has 2 aliphatic heterocycles. The van der Waals surface area contributed by atoms with Crippen molar-refractivity contribution >= 4 is 23.6 Å². The number of carbonyl (C=O) groups is 2. The molecule has 1 aromatic rings. The second-order valence-corrected chi connectivity index (χ2v) is 8.87. The van der Waals surface area contributed by atoms with Crippen LogP contribution in [0.25, 0.3) is 0 Å². The molecule has 1 aromatic carbocycles. The molecule has 2 amide bonds. The molecule has 0 radical (unpaired) electrons. The van der Waals surface area contributed by atoms with Crippen molar-refractivity contribution in [2.75, 3.05) is 37.7 Å². The van der Waals surface area contributed by atoms with E-state index in [0.29, 0.717) is 18.0 Å². The van der Waals surface area contributed by atoms with E-state index in [-0.39, 0.29) is 24.2 Å². The fourth-order valence-electron chi connectivity index (χ4n) is 4.56. The van der Waals surface area contributed by atoms with Gasteiger partial charge < -0.3 is 30.7 Å². The van der Waals surface area contributed by atoms with E-state index in [4.69, 9.17) is 20.9 Å². The molecule has 4 N–H and O–H groups in total. The van der Waals surface area contributed by atoms with Crippen LogP contribution in [0.1, 0.15) is 51.0 Å². The highest BCUT2D eigenvalue weighted by Crippen LogP contribution is 2.29. The topological polar surface area (TPSA) is 123 Å². The normalized spacial score (nSPS) is 17.5. The van der Waals surface area contributed by atoms with Gasteiger partial charge in [0.2, 0.25) is 5.91 Å². The maximum absolute atomic E-state index is 15.0. The zero-order valence-electron chi connectivity index (χ0n) is 19.9. The summed E-state index contributed by atoms with van der Waals surface area (Å²) < 4.78 is 26.0. The molecule has 10 heteroatoms. The number of rotatable bonds is 8. The van der Waals surface area contributed by atoms with Crippen molar-refractivity contribution in [2.24, 2.45) is 22.4 Å². The van der Waals surface area contributed by atoms with E-state index in [1.165, 1.54) is 0 Å². The van der Waals surface area contributed by atoms with Crippen LogP contribution in [0.3, 0.4) is 0 Å². The number of benzene rings is 1. The highest BCUT2D eigenvalue weighted by Gasteiger charge is 2.25. The number of hydrogen-bond acceptors (Lipinski definition) is 5. The lowest BCUT2D eigenvalue weighted by molar-refractivity contribution is -0.133. The Bertz CT molecular complexity index is 861. The van der Waals surface area contributed by atoms with Gasteiger partial charge in [0.25, 0.3) is 0 Å². The van der Waals surface area contributed by atoms with Crippen molar-refractivity contribution in [3.8, 4) is 0 Å². The smallest absolute Gasteiger partial charge is 0.437 e. The summed E-state index contributed by atoms with van der Waals surface area (Å²) in [5.74, 6) is -0.0278. The van der Waals surface area contributed by atoms with Gasteiger partial charge in [0.15, 0.2) is 11.8 Å². The minimum absolute atomic E-state index is 0.221. The Labute approximate surface area is 200 Å². The molecule has 0 spiro atoms. The summed E-state index contributed by atoms with van der Waals surface area (Å²) in [6, 6.07) is 5.07. The van der Waals surface area contributed by atoms with Crippen molar-refractivity contribution in [3.05, 3.63) is 29.6 Å². The molecule has 188 valence electrons. The molecular formula is C24H36FN5O4. The molecule has 0 saturated carbocycles. The zero-order chi connectivity index (χ0) is 24.5. The van der Waals surface area contributed by atoms with Gasteiger partial charge in [-0.3, -0.25) is 4.79 Å². The minimum atomic E-state index is -0.951. The fraction of sp³-hybridized carbons (Fsp3) is 0.625. The predicted octanol–water partition coefficient (Wildman–Crippen LogP) is 2.76. The van der Waals surface area contributed by atoms with Crippen LogP contribution in [-0.2, 0) is 20.9 Å². The quantitative estimate of drug-likeness (QED) is 0.436.